The number of carbonyl (C=O) groups is 1. The van der Waals surface area contributed by atoms with Gasteiger partial charge in [0.05, 0.1) is 13.2 Å². The fourth-order valence-electron chi connectivity index (χ4n) is 0.686. The average molecular weight is 417 g/mol. The van der Waals surface area contributed by atoms with E-state index in [9.17, 15) is 24.1 Å². The molecule has 0 bridgehead atoms. The molecule has 0 rings (SSSR count). The first-order valence-electron chi connectivity index (χ1n) is 5.92. The number of phosphoric acid groups is 2. The summed E-state index contributed by atoms with van der Waals surface area (Å²) in [5.74, 6) is -0.815. The second-order valence-corrected chi connectivity index (χ2v) is 7.69. The first-order chi connectivity index (χ1) is 10.6. The lowest BCUT2D eigenvalue weighted by Gasteiger charge is -2.26. The molecule has 0 heterocycles. The molecular weight excluding hydrogens is 396 g/mol. The fourth-order valence-corrected chi connectivity index (χ4v) is 2.44. The molecule has 0 aromatic rings. The number of rotatable bonds is 9. The quantitative estimate of drug-likeness (QED) is 0.141. The molecule has 0 aliphatic rings. The Hall–Kier alpha value is -0.0800. The molecular formula is C8H21NO12P2S. The van der Waals surface area contributed by atoms with Gasteiger partial charge in [-0.1, -0.05) is 0 Å². The number of thiol groups is 1. The summed E-state index contributed by atoms with van der Waals surface area (Å²) in [6.07, 6.45) is -1.76. The second-order valence-electron chi connectivity index (χ2n) is 4.49. The first-order valence-corrected chi connectivity index (χ1v) is 9.58. The zero-order valence-corrected chi connectivity index (χ0v) is 15.1. The number of hydrogen-bond donors (Lipinski definition) is 9. The summed E-state index contributed by atoms with van der Waals surface area (Å²) in [5, 5.41) is 35.1. The summed E-state index contributed by atoms with van der Waals surface area (Å²) in [6, 6.07) is -0.816. The van der Waals surface area contributed by atoms with E-state index in [1.165, 1.54) is 0 Å². The van der Waals surface area contributed by atoms with Gasteiger partial charge in [-0.2, -0.15) is 16.9 Å². The van der Waals surface area contributed by atoms with Gasteiger partial charge < -0.3 is 40.8 Å². The SMILES string of the molecule is CC(O)(CO)C(O)COP(=O)(O)OP(=O)(O)O.NC(CS)C(=O)O. The Bertz CT molecular complexity index is 482. The summed E-state index contributed by atoms with van der Waals surface area (Å²) in [7, 11) is -10.3. The molecule has 13 nitrogen and oxygen atoms in total. The molecule has 0 saturated heterocycles. The van der Waals surface area contributed by atoms with Gasteiger partial charge in [0.15, 0.2) is 0 Å². The maximum atomic E-state index is 10.9. The van der Waals surface area contributed by atoms with Crippen LogP contribution in [0.15, 0.2) is 0 Å². The Labute approximate surface area is 142 Å². The van der Waals surface area contributed by atoms with E-state index in [-0.39, 0.29) is 5.75 Å². The van der Waals surface area contributed by atoms with Crippen LogP contribution in [0.3, 0.4) is 0 Å². The molecule has 0 aliphatic heterocycles. The van der Waals surface area contributed by atoms with Crippen molar-refractivity contribution in [1.82, 2.24) is 0 Å². The van der Waals surface area contributed by atoms with E-state index < -0.39 is 52.6 Å². The van der Waals surface area contributed by atoms with Gasteiger partial charge in [0.2, 0.25) is 0 Å². The Morgan fingerprint density at radius 1 is 1.33 bits per heavy atom. The van der Waals surface area contributed by atoms with Crippen molar-refractivity contribution in [1.29, 1.82) is 0 Å². The molecule has 0 spiro atoms. The van der Waals surface area contributed by atoms with Gasteiger partial charge in [-0.15, -0.1) is 0 Å². The molecule has 146 valence electrons. The van der Waals surface area contributed by atoms with Crippen molar-refractivity contribution in [3.63, 3.8) is 0 Å². The zero-order valence-electron chi connectivity index (χ0n) is 12.4. The number of hydrogen-bond acceptors (Lipinski definition) is 10. The van der Waals surface area contributed by atoms with Crippen molar-refractivity contribution in [2.24, 2.45) is 5.73 Å². The number of aliphatic carboxylic acids is 1. The van der Waals surface area contributed by atoms with Gasteiger partial charge in [-0.3, -0.25) is 9.32 Å². The smallest absolute Gasteiger partial charge is 0.480 e. The predicted molar refractivity (Wildman–Crippen MR) is 82.1 cm³/mol. The average Bonchev–Trinajstić information content (AvgIpc) is 2.41. The summed E-state index contributed by atoms with van der Waals surface area (Å²) in [4.78, 5) is 35.1. The summed E-state index contributed by atoms with van der Waals surface area (Å²) >= 11 is 3.65. The van der Waals surface area contributed by atoms with E-state index in [1.807, 2.05) is 0 Å². The first kappa shape index (κ1) is 26.2. The van der Waals surface area contributed by atoms with Crippen molar-refractivity contribution in [2.75, 3.05) is 19.0 Å². The molecule has 9 N–H and O–H groups in total. The minimum atomic E-state index is -5.23. The highest BCUT2D eigenvalue weighted by atomic mass is 32.1. The summed E-state index contributed by atoms with van der Waals surface area (Å²) in [5.41, 5.74) is 2.94. The van der Waals surface area contributed by atoms with Gasteiger partial charge in [0.25, 0.3) is 0 Å². The fraction of sp³-hybridized carbons (Fsp3) is 0.875. The van der Waals surface area contributed by atoms with Gasteiger partial charge in [0, 0.05) is 5.75 Å². The summed E-state index contributed by atoms with van der Waals surface area (Å²) in [6.45, 7) is -0.804. The Balaban J connectivity index is 0. The van der Waals surface area contributed by atoms with Crippen molar-refractivity contribution in [3.8, 4) is 0 Å². The van der Waals surface area contributed by atoms with Crippen LogP contribution in [0.5, 0.6) is 0 Å². The minimum absolute atomic E-state index is 0.190. The Morgan fingerprint density at radius 3 is 2.04 bits per heavy atom. The van der Waals surface area contributed by atoms with Crippen LogP contribution >= 0.6 is 28.3 Å². The van der Waals surface area contributed by atoms with E-state index in [2.05, 4.69) is 21.5 Å². The van der Waals surface area contributed by atoms with E-state index in [1.54, 1.807) is 0 Å². The number of carboxylic acids is 1. The summed E-state index contributed by atoms with van der Waals surface area (Å²) < 4.78 is 28.6. The van der Waals surface area contributed by atoms with Gasteiger partial charge in [-0.05, 0) is 6.92 Å². The van der Waals surface area contributed by atoms with Crippen LogP contribution < -0.4 is 5.73 Å². The zero-order chi connectivity index (χ0) is 19.8. The molecule has 0 aliphatic carbocycles. The van der Waals surface area contributed by atoms with Crippen molar-refractivity contribution in [2.45, 2.75) is 24.7 Å². The van der Waals surface area contributed by atoms with Crippen LogP contribution in [-0.2, 0) is 22.8 Å². The highest BCUT2D eigenvalue weighted by Crippen LogP contribution is 2.57. The van der Waals surface area contributed by atoms with Crippen LogP contribution in [0.4, 0.5) is 0 Å². The lowest BCUT2D eigenvalue weighted by atomic mass is 10.0. The largest absolute Gasteiger partial charge is 0.481 e. The molecule has 0 radical (unpaired) electrons. The molecule has 0 amide bonds. The van der Waals surface area contributed by atoms with Crippen LogP contribution in [0.25, 0.3) is 0 Å². The molecule has 24 heavy (non-hydrogen) atoms. The van der Waals surface area contributed by atoms with Crippen LogP contribution in [0, 0.1) is 0 Å². The third-order valence-corrected chi connectivity index (χ3v) is 4.70. The number of aliphatic hydroxyl groups excluding tert-OH is 2. The van der Waals surface area contributed by atoms with E-state index in [4.69, 9.17) is 30.6 Å². The van der Waals surface area contributed by atoms with Crippen molar-refractivity contribution in [3.05, 3.63) is 0 Å². The Kier molecular flexibility index (Phi) is 11.8. The van der Waals surface area contributed by atoms with Crippen molar-refractivity contribution >= 4 is 34.2 Å². The number of aliphatic hydroxyl groups is 3. The number of nitrogens with two attached hydrogens (primary N) is 1. The van der Waals surface area contributed by atoms with Crippen LogP contribution in [-0.4, -0.2) is 77.8 Å². The normalized spacial score (nSPS) is 19.2. The van der Waals surface area contributed by atoms with Gasteiger partial charge in [0.1, 0.15) is 17.7 Å². The molecule has 0 fully saturated rings. The highest BCUT2D eigenvalue weighted by molar-refractivity contribution is 7.80. The van der Waals surface area contributed by atoms with Crippen molar-refractivity contribution < 1.29 is 57.9 Å². The third kappa shape index (κ3) is 13.2. The van der Waals surface area contributed by atoms with Gasteiger partial charge >= 0.3 is 21.6 Å². The third-order valence-electron chi connectivity index (χ3n) is 2.16. The van der Waals surface area contributed by atoms with E-state index >= 15 is 0 Å². The Morgan fingerprint density at radius 2 is 1.79 bits per heavy atom. The standard InChI is InChI=1S/C5H14O10P2.C3H7NO2S/c1-5(8,3-6)4(7)2-14-17(12,13)15-16(9,10)11;4-2(1-7)3(5)6/h4,6-8H,2-3H2,1H3,(H,12,13)(H2,9,10,11);2,7H,1,4H2,(H,5,6). The number of phosphoric ester groups is 1. The van der Waals surface area contributed by atoms with E-state index in [0.717, 1.165) is 6.92 Å². The molecule has 0 saturated carbocycles. The maximum absolute atomic E-state index is 10.9. The second kappa shape index (κ2) is 10.8. The molecule has 4 atom stereocenters. The topological polar surface area (TPSA) is 237 Å². The van der Waals surface area contributed by atoms with Crippen LogP contribution in [0.1, 0.15) is 6.92 Å². The lowest BCUT2D eigenvalue weighted by Crippen LogP contribution is -2.45. The van der Waals surface area contributed by atoms with E-state index in [0.29, 0.717) is 0 Å². The molecule has 0 aromatic heterocycles. The van der Waals surface area contributed by atoms with Gasteiger partial charge in [-0.25, -0.2) is 9.13 Å². The highest BCUT2D eigenvalue weighted by Gasteiger charge is 2.36. The minimum Gasteiger partial charge on any atom is -0.480 e. The monoisotopic (exact) mass is 417 g/mol. The maximum Gasteiger partial charge on any atom is 0.481 e. The predicted octanol–water partition coefficient (Wildman–Crippen LogP) is -2.35. The lowest BCUT2D eigenvalue weighted by molar-refractivity contribution is -0.137. The molecule has 16 heteroatoms. The molecule has 0 aromatic carbocycles. The number of carboxylic acid groups (broad SMARTS) is 1. The van der Waals surface area contributed by atoms with Crippen LogP contribution in [0.2, 0.25) is 0 Å². The molecule has 4 unspecified atom stereocenters.